The first-order chi connectivity index (χ1) is 12.2. The van der Waals surface area contributed by atoms with Crippen LogP contribution < -0.4 is 14.8 Å². The Morgan fingerprint density at radius 2 is 1.96 bits per heavy atom. The van der Waals surface area contributed by atoms with Crippen molar-refractivity contribution >= 4 is 23.2 Å². The first-order valence-electron chi connectivity index (χ1n) is 7.56. The number of halogens is 1. The Balaban J connectivity index is 1.61. The molecule has 1 heterocycles. The molecule has 25 heavy (non-hydrogen) atoms. The molecule has 0 fully saturated rings. The van der Waals surface area contributed by atoms with Crippen LogP contribution in [0.2, 0.25) is 5.02 Å². The van der Waals surface area contributed by atoms with E-state index in [0.29, 0.717) is 28.8 Å². The lowest BCUT2D eigenvalue weighted by Gasteiger charge is -2.11. The van der Waals surface area contributed by atoms with E-state index < -0.39 is 0 Å². The summed E-state index contributed by atoms with van der Waals surface area (Å²) < 4.78 is 16.1. The van der Waals surface area contributed by atoms with Crippen molar-refractivity contribution in [2.45, 2.75) is 6.61 Å². The summed E-state index contributed by atoms with van der Waals surface area (Å²) in [7, 11) is 1.60. The van der Waals surface area contributed by atoms with Crippen molar-refractivity contribution < 1.29 is 18.7 Å². The molecular weight excluding hydrogens is 342 g/mol. The van der Waals surface area contributed by atoms with E-state index in [9.17, 15) is 4.79 Å². The molecule has 5 nitrogen and oxygen atoms in total. The lowest BCUT2D eigenvalue weighted by atomic mass is 10.2. The van der Waals surface area contributed by atoms with Crippen LogP contribution in [0.5, 0.6) is 11.5 Å². The molecular formula is C19H16ClNO4. The highest BCUT2D eigenvalue weighted by atomic mass is 35.5. The average Bonchev–Trinajstić information content (AvgIpc) is 3.16. The van der Waals surface area contributed by atoms with Gasteiger partial charge in [0.2, 0.25) is 0 Å². The fraction of sp³-hybridized carbons (Fsp3) is 0.105. The summed E-state index contributed by atoms with van der Waals surface area (Å²) >= 11 is 6.01. The van der Waals surface area contributed by atoms with Gasteiger partial charge in [-0.2, -0.15) is 0 Å². The Morgan fingerprint density at radius 1 is 1.16 bits per heavy atom. The Bertz CT molecular complexity index is 844. The maximum atomic E-state index is 11.9. The molecule has 1 N–H and O–H groups in total. The normalized spacial score (nSPS) is 10.3. The van der Waals surface area contributed by atoms with Crippen LogP contribution in [0.25, 0.3) is 0 Å². The number of nitrogens with one attached hydrogen (secondary N) is 1. The number of methoxy groups -OCH3 is 1. The number of benzene rings is 2. The fourth-order valence-electron chi connectivity index (χ4n) is 2.26. The van der Waals surface area contributed by atoms with Crippen molar-refractivity contribution in [1.82, 2.24) is 0 Å². The maximum absolute atomic E-state index is 11.9. The van der Waals surface area contributed by atoms with Crippen LogP contribution in [0.3, 0.4) is 0 Å². The summed E-state index contributed by atoms with van der Waals surface area (Å²) in [6, 6.07) is 15.7. The van der Waals surface area contributed by atoms with E-state index in [1.807, 2.05) is 0 Å². The lowest BCUT2D eigenvalue weighted by Crippen LogP contribution is -2.10. The molecule has 3 aromatic rings. The molecule has 0 unspecified atom stereocenters. The number of hydrogen-bond donors (Lipinski definition) is 1. The quantitative estimate of drug-likeness (QED) is 0.690. The summed E-state index contributed by atoms with van der Waals surface area (Å²) in [5.74, 6) is 1.33. The van der Waals surface area contributed by atoms with E-state index in [4.69, 9.17) is 25.5 Å². The van der Waals surface area contributed by atoms with Crippen molar-refractivity contribution in [2.24, 2.45) is 0 Å². The molecule has 1 amide bonds. The number of carbonyl (C=O) groups is 1. The molecule has 2 aromatic carbocycles. The van der Waals surface area contributed by atoms with E-state index in [2.05, 4.69) is 5.32 Å². The molecule has 0 radical (unpaired) electrons. The maximum Gasteiger partial charge on any atom is 0.291 e. The lowest BCUT2D eigenvalue weighted by molar-refractivity contribution is 0.0996. The average molecular weight is 358 g/mol. The smallest absolute Gasteiger partial charge is 0.291 e. The molecule has 0 saturated heterocycles. The second-order valence-electron chi connectivity index (χ2n) is 5.20. The summed E-state index contributed by atoms with van der Waals surface area (Å²) in [6.07, 6.45) is 1.45. The highest BCUT2D eigenvalue weighted by Crippen LogP contribution is 2.25. The van der Waals surface area contributed by atoms with Gasteiger partial charge in [0.25, 0.3) is 5.91 Å². The van der Waals surface area contributed by atoms with Crippen LogP contribution in [0.15, 0.2) is 65.3 Å². The number of hydrogen-bond acceptors (Lipinski definition) is 4. The zero-order chi connectivity index (χ0) is 17.6. The number of ether oxygens (including phenoxy) is 2. The fourth-order valence-corrected chi connectivity index (χ4v) is 2.45. The van der Waals surface area contributed by atoms with E-state index in [1.165, 1.54) is 6.26 Å². The van der Waals surface area contributed by atoms with Gasteiger partial charge in [0.1, 0.15) is 18.1 Å². The van der Waals surface area contributed by atoms with Crippen molar-refractivity contribution in [3.63, 3.8) is 0 Å². The van der Waals surface area contributed by atoms with Gasteiger partial charge in [-0.15, -0.1) is 0 Å². The van der Waals surface area contributed by atoms with Crippen LogP contribution in [0.1, 0.15) is 16.1 Å². The van der Waals surface area contributed by atoms with Crippen molar-refractivity contribution in [3.8, 4) is 11.5 Å². The number of furan rings is 1. The highest BCUT2D eigenvalue weighted by molar-refractivity contribution is 6.30. The molecule has 128 valence electrons. The number of anilines is 1. The van der Waals surface area contributed by atoms with E-state index in [1.54, 1.807) is 61.7 Å². The molecule has 0 aliphatic carbocycles. The van der Waals surface area contributed by atoms with Gasteiger partial charge in [-0.1, -0.05) is 11.6 Å². The molecule has 0 bridgehead atoms. The van der Waals surface area contributed by atoms with Gasteiger partial charge in [0.05, 0.1) is 13.4 Å². The zero-order valence-corrected chi connectivity index (χ0v) is 14.2. The SMILES string of the molecule is COc1ccc(Cl)cc1COc1ccc(NC(=O)c2ccco2)cc1. The van der Waals surface area contributed by atoms with Crippen LogP contribution in [-0.2, 0) is 6.61 Å². The van der Waals surface area contributed by atoms with Crippen molar-refractivity contribution in [1.29, 1.82) is 0 Å². The molecule has 0 spiro atoms. The molecule has 6 heteroatoms. The summed E-state index contributed by atoms with van der Waals surface area (Å²) in [5, 5.41) is 3.37. The molecule has 0 aliphatic rings. The Hall–Kier alpha value is -2.92. The first-order valence-corrected chi connectivity index (χ1v) is 7.93. The second-order valence-corrected chi connectivity index (χ2v) is 5.64. The third-order valence-electron chi connectivity index (χ3n) is 3.49. The standard InChI is InChI=1S/C19H16ClNO4/c1-23-17-9-4-14(20)11-13(17)12-25-16-7-5-15(6-8-16)21-19(22)18-3-2-10-24-18/h2-11H,12H2,1H3,(H,21,22). The summed E-state index contributed by atoms with van der Waals surface area (Å²) in [5.41, 5.74) is 1.50. The summed E-state index contributed by atoms with van der Waals surface area (Å²) in [6.45, 7) is 0.321. The number of carbonyl (C=O) groups excluding carboxylic acids is 1. The van der Waals surface area contributed by atoms with Gasteiger partial charge in [-0.25, -0.2) is 0 Å². The molecule has 1 aromatic heterocycles. The Kier molecular flexibility index (Phi) is 5.26. The zero-order valence-electron chi connectivity index (χ0n) is 13.5. The molecule has 3 rings (SSSR count). The van der Waals surface area contributed by atoms with Gasteiger partial charge in [0.15, 0.2) is 5.76 Å². The van der Waals surface area contributed by atoms with Gasteiger partial charge in [-0.3, -0.25) is 4.79 Å². The van der Waals surface area contributed by atoms with E-state index in [0.717, 1.165) is 5.56 Å². The predicted molar refractivity (Wildman–Crippen MR) is 95.4 cm³/mol. The van der Waals surface area contributed by atoms with Gasteiger partial charge in [0, 0.05) is 16.3 Å². The third kappa shape index (κ3) is 4.33. The minimum atomic E-state index is -0.303. The molecule has 0 atom stereocenters. The van der Waals surface area contributed by atoms with E-state index in [-0.39, 0.29) is 11.7 Å². The Morgan fingerprint density at radius 3 is 2.64 bits per heavy atom. The van der Waals surface area contributed by atoms with Gasteiger partial charge in [-0.05, 0) is 54.6 Å². The van der Waals surface area contributed by atoms with Crippen LogP contribution in [0, 0.1) is 0 Å². The monoisotopic (exact) mass is 357 g/mol. The number of rotatable bonds is 6. The topological polar surface area (TPSA) is 60.7 Å². The number of amides is 1. The minimum Gasteiger partial charge on any atom is -0.496 e. The first kappa shape index (κ1) is 16.9. The highest BCUT2D eigenvalue weighted by Gasteiger charge is 2.09. The third-order valence-corrected chi connectivity index (χ3v) is 3.73. The predicted octanol–water partition coefficient (Wildman–Crippen LogP) is 4.77. The van der Waals surface area contributed by atoms with Gasteiger partial charge >= 0.3 is 0 Å². The van der Waals surface area contributed by atoms with E-state index >= 15 is 0 Å². The largest absolute Gasteiger partial charge is 0.496 e. The summed E-state index contributed by atoms with van der Waals surface area (Å²) in [4.78, 5) is 11.9. The molecule has 0 aliphatic heterocycles. The van der Waals surface area contributed by atoms with Crippen LogP contribution in [0.4, 0.5) is 5.69 Å². The van der Waals surface area contributed by atoms with Crippen LogP contribution >= 0.6 is 11.6 Å². The second kappa shape index (κ2) is 7.77. The van der Waals surface area contributed by atoms with Gasteiger partial charge < -0.3 is 19.2 Å². The van der Waals surface area contributed by atoms with Crippen molar-refractivity contribution in [3.05, 3.63) is 77.2 Å². The van der Waals surface area contributed by atoms with Crippen LogP contribution in [-0.4, -0.2) is 13.0 Å². The van der Waals surface area contributed by atoms with Crippen molar-refractivity contribution in [2.75, 3.05) is 12.4 Å². The minimum absolute atomic E-state index is 0.258. The Labute approximate surface area is 150 Å². The molecule has 0 saturated carbocycles.